The van der Waals surface area contributed by atoms with Gasteiger partial charge in [-0.05, 0) is 12.8 Å². The van der Waals surface area contributed by atoms with Crippen LogP contribution in [-0.4, -0.2) is 25.5 Å². The molecule has 0 aromatic heterocycles. The summed E-state index contributed by atoms with van der Waals surface area (Å²) in [6.07, 6.45) is 1.65. The van der Waals surface area contributed by atoms with Crippen molar-refractivity contribution in [3.8, 4) is 0 Å². The van der Waals surface area contributed by atoms with Crippen LogP contribution in [0.4, 0.5) is 0 Å². The van der Waals surface area contributed by atoms with E-state index in [0.29, 0.717) is 6.54 Å². The molecule has 0 fully saturated rings. The molecule has 76 valence electrons. The van der Waals surface area contributed by atoms with Gasteiger partial charge in [0.05, 0.1) is 0 Å². The molecule has 0 aromatic carbocycles. The molecule has 0 saturated carbocycles. The van der Waals surface area contributed by atoms with Crippen LogP contribution in [0.3, 0.4) is 0 Å². The Kier molecular flexibility index (Phi) is 5.67. The zero-order valence-corrected chi connectivity index (χ0v) is 8.18. The average molecular weight is 186 g/mol. The lowest BCUT2D eigenvalue weighted by Gasteiger charge is -2.09. The van der Waals surface area contributed by atoms with Gasteiger partial charge in [0.2, 0.25) is 5.91 Å². The van der Waals surface area contributed by atoms with Crippen LogP contribution in [0.15, 0.2) is 0 Å². The standard InChI is InChI=1S/C8H18N4O/c1-6(7(13)11-2)4-3-5-12-8(9)10/h6H,3-5H2,1-2H3,(H,11,13)(H4,9,10,12)/t6-/m0/s1. The third-order valence-corrected chi connectivity index (χ3v) is 1.82. The van der Waals surface area contributed by atoms with E-state index < -0.39 is 0 Å². The lowest BCUT2D eigenvalue weighted by molar-refractivity contribution is -0.124. The van der Waals surface area contributed by atoms with E-state index in [9.17, 15) is 4.79 Å². The molecule has 0 radical (unpaired) electrons. The van der Waals surface area contributed by atoms with E-state index in [1.54, 1.807) is 7.05 Å². The van der Waals surface area contributed by atoms with Gasteiger partial charge in [0.15, 0.2) is 5.96 Å². The first-order chi connectivity index (χ1) is 6.07. The van der Waals surface area contributed by atoms with Crippen molar-refractivity contribution in [2.24, 2.45) is 11.7 Å². The number of rotatable bonds is 5. The summed E-state index contributed by atoms with van der Waals surface area (Å²) in [6.45, 7) is 2.53. The Balaban J connectivity index is 3.42. The van der Waals surface area contributed by atoms with Crippen LogP contribution in [0, 0.1) is 11.3 Å². The summed E-state index contributed by atoms with van der Waals surface area (Å²) in [7, 11) is 1.63. The molecule has 1 atom stereocenters. The summed E-state index contributed by atoms with van der Waals surface area (Å²) < 4.78 is 0. The highest BCUT2D eigenvalue weighted by Crippen LogP contribution is 2.03. The molecule has 0 bridgehead atoms. The van der Waals surface area contributed by atoms with Gasteiger partial charge in [-0.25, -0.2) is 0 Å². The van der Waals surface area contributed by atoms with Crippen molar-refractivity contribution in [3.63, 3.8) is 0 Å². The van der Waals surface area contributed by atoms with Gasteiger partial charge in [-0.3, -0.25) is 10.2 Å². The van der Waals surface area contributed by atoms with E-state index in [0.717, 1.165) is 12.8 Å². The number of nitrogens with two attached hydrogens (primary N) is 1. The molecular weight excluding hydrogens is 168 g/mol. The molecule has 5 nitrogen and oxygen atoms in total. The van der Waals surface area contributed by atoms with E-state index in [1.165, 1.54) is 0 Å². The molecule has 0 heterocycles. The third kappa shape index (κ3) is 5.95. The maximum absolute atomic E-state index is 11.0. The Morgan fingerprint density at radius 1 is 1.62 bits per heavy atom. The predicted octanol–water partition coefficient (Wildman–Crippen LogP) is -0.368. The highest BCUT2D eigenvalue weighted by Gasteiger charge is 2.09. The maximum Gasteiger partial charge on any atom is 0.222 e. The van der Waals surface area contributed by atoms with E-state index in [1.807, 2.05) is 6.92 Å². The number of carbonyl (C=O) groups excluding carboxylic acids is 1. The summed E-state index contributed by atoms with van der Waals surface area (Å²) in [5.41, 5.74) is 5.09. The number of carbonyl (C=O) groups is 1. The van der Waals surface area contributed by atoms with Gasteiger partial charge in [0.1, 0.15) is 0 Å². The van der Waals surface area contributed by atoms with Crippen LogP contribution in [0.5, 0.6) is 0 Å². The number of nitrogens with one attached hydrogen (secondary N) is 3. The smallest absolute Gasteiger partial charge is 0.222 e. The van der Waals surface area contributed by atoms with Crippen molar-refractivity contribution < 1.29 is 4.79 Å². The molecule has 0 spiro atoms. The average Bonchev–Trinajstić information content (AvgIpc) is 2.10. The van der Waals surface area contributed by atoms with Crippen molar-refractivity contribution in [2.45, 2.75) is 19.8 Å². The molecule has 1 amide bonds. The third-order valence-electron chi connectivity index (χ3n) is 1.82. The minimum atomic E-state index is -0.0207. The second-order valence-corrected chi connectivity index (χ2v) is 3.00. The van der Waals surface area contributed by atoms with Gasteiger partial charge in [0.25, 0.3) is 0 Å². The second-order valence-electron chi connectivity index (χ2n) is 3.00. The van der Waals surface area contributed by atoms with Crippen LogP contribution >= 0.6 is 0 Å². The second kappa shape index (κ2) is 6.28. The number of guanidine groups is 1. The van der Waals surface area contributed by atoms with Gasteiger partial charge in [-0.15, -0.1) is 0 Å². The minimum Gasteiger partial charge on any atom is -0.370 e. The summed E-state index contributed by atoms with van der Waals surface area (Å²) in [4.78, 5) is 11.0. The van der Waals surface area contributed by atoms with E-state index in [-0.39, 0.29) is 17.8 Å². The first-order valence-corrected chi connectivity index (χ1v) is 4.37. The summed E-state index contributed by atoms with van der Waals surface area (Å²) in [5, 5.41) is 12.2. The molecular formula is C8H18N4O. The van der Waals surface area contributed by atoms with Crippen molar-refractivity contribution in [1.82, 2.24) is 10.6 Å². The fourth-order valence-electron chi connectivity index (χ4n) is 1.01. The SMILES string of the molecule is CNC(=O)[C@@H](C)CCCNC(=N)N. The topological polar surface area (TPSA) is 91.0 Å². The van der Waals surface area contributed by atoms with Crippen LogP contribution in [0.1, 0.15) is 19.8 Å². The van der Waals surface area contributed by atoms with Crippen molar-refractivity contribution >= 4 is 11.9 Å². The summed E-state index contributed by atoms with van der Waals surface area (Å²) in [5.74, 6) is 0.0641. The molecule has 13 heavy (non-hydrogen) atoms. The van der Waals surface area contributed by atoms with Gasteiger partial charge in [-0.1, -0.05) is 6.92 Å². The Labute approximate surface area is 78.6 Å². The van der Waals surface area contributed by atoms with E-state index in [2.05, 4.69) is 10.6 Å². The number of hydrogen-bond acceptors (Lipinski definition) is 2. The number of amides is 1. The zero-order valence-electron chi connectivity index (χ0n) is 8.18. The Hall–Kier alpha value is -1.26. The Morgan fingerprint density at radius 3 is 2.69 bits per heavy atom. The molecule has 0 saturated heterocycles. The van der Waals surface area contributed by atoms with Gasteiger partial charge in [-0.2, -0.15) is 0 Å². The van der Waals surface area contributed by atoms with Crippen LogP contribution in [-0.2, 0) is 4.79 Å². The van der Waals surface area contributed by atoms with Gasteiger partial charge < -0.3 is 16.4 Å². The Morgan fingerprint density at radius 2 is 2.23 bits per heavy atom. The molecule has 0 aromatic rings. The molecule has 0 aliphatic rings. The summed E-state index contributed by atoms with van der Waals surface area (Å²) >= 11 is 0. The monoisotopic (exact) mass is 186 g/mol. The van der Waals surface area contributed by atoms with Crippen molar-refractivity contribution in [1.29, 1.82) is 5.41 Å². The van der Waals surface area contributed by atoms with Crippen molar-refractivity contribution in [2.75, 3.05) is 13.6 Å². The first-order valence-electron chi connectivity index (χ1n) is 4.37. The van der Waals surface area contributed by atoms with Crippen LogP contribution < -0.4 is 16.4 Å². The largest absolute Gasteiger partial charge is 0.370 e. The van der Waals surface area contributed by atoms with E-state index >= 15 is 0 Å². The minimum absolute atomic E-state index is 0.0207. The van der Waals surface area contributed by atoms with Gasteiger partial charge >= 0.3 is 0 Å². The highest BCUT2D eigenvalue weighted by atomic mass is 16.1. The van der Waals surface area contributed by atoms with Crippen LogP contribution in [0.2, 0.25) is 0 Å². The fourth-order valence-corrected chi connectivity index (χ4v) is 1.01. The zero-order chi connectivity index (χ0) is 10.3. The molecule has 0 aliphatic carbocycles. The molecule has 0 rings (SSSR count). The summed E-state index contributed by atoms with van der Waals surface area (Å²) in [6, 6.07) is 0. The molecule has 5 N–H and O–H groups in total. The van der Waals surface area contributed by atoms with Gasteiger partial charge in [0, 0.05) is 19.5 Å². The molecule has 0 unspecified atom stereocenters. The quantitative estimate of drug-likeness (QED) is 0.268. The predicted molar refractivity (Wildman–Crippen MR) is 52.4 cm³/mol. The van der Waals surface area contributed by atoms with Crippen molar-refractivity contribution in [3.05, 3.63) is 0 Å². The lowest BCUT2D eigenvalue weighted by Crippen LogP contribution is -2.32. The normalized spacial score (nSPS) is 11.8. The van der Waals surface area contributed by atoms with Crippen LogP contribution in [0.25, 0.3) is 0 Å². The Bertz CT molecular complexity index is 181. The maximum atomic E-state index is 11.0. The number of hydrogen-bond donors (Lipinski definition) is 4. The molecule has 0 aliphatic heterocycles. The highest BCUT2D eigenvalue weighted by molar-refractivity contribution is 5.77. The molecule has 5 heteroatoms. The lowest BCUT2D eigenvalue weighted by atomic mass is 10.1. The fraction of sp³-hybridized carbons (Fsp3) is 0.750. The van der Waals surface area contributed by atoms with E-state index in [4.69, 9.17) is 11.1 Å². The first kappa shape index (κ1) is 11.7.